The number of benzene rings is 2. The van der Waals surface area contributed by atoms with E-state index in [-0.39, 0.29) is 23.7 Å². The lowest BCUT2D eigenvalue weighted by atomic mass is 9.48. The lowest BCUT2D eigenvalue weighted by molar-refractivity contribution is -0.190. The van der Waals surface area contributed by atoms with Gasteiger partial charge >= 0.3 is 0 Å². The Morgan fingerprint density at radius 3 is 2.79 bits per heavy atom. The molecule has 3 heterocycles. The van der Waals surface area contributed by atoms with Crippen LogP contribution in [0, 0.1) is 12.8 Å². The van der Waals surface area contributed by atoms with E-state index >= 15 is 0 Å². The number of hydrogen-bond donors (Lipinski definition) is 2. The Balaban J connectivity index is 1.30. The van der Waals surface area contributed by atoms with Gasteiger partial charge in [-0.3, -0.25) is 9.69 Å². The molecule has 198 valence electrons. The summed E-state index contributed by atoms with van der Waals surface area (Å²) >= 11 is 1.71. The number of piperidine rings is 1. The van der Waals surface area contributed by atoms with Gasteiger partial charge in [0.2, 0.25) is 5.91 Å². The molecule has 2 saturated carbocycles. The third-order valence-electron chi connectivity index (χ3n) is 10.4. The number of likely N-dealkylation sites (tertiary alicyclic amines) is 1. The molecule has 1 spiro atoms. The van der Waals surface area contributed by atoms with Crippen molar-refractivity contribution < 1.29 is 19.7 Å². The quantitative estimate of drug-likeness (QED) is 0.502. The SMILES string of the molecule is CC(=O)N(c1c(C)sc2ccccc12)[C@@H]1CC[C@@]2(O)[C@H]3Cc4ccc(O)c5c4[C@@]2(CCN3CC2CC2)[C@H]1O5. The number of phenolic OH excluding ortho intramolecular Hbond substituents is 1. The monoisotopic (exact) mass is 530 g/mol. The van der Waals surface area contributed by atoms with Gasteiger partial charge in [-0.15, -0.1) is 11.3 Å². The van der Waals surface area contributed by atoms with Crippen LogP contribution in [0.2, 0.25) is 0 Å². The summed E-state index contributed by atoms with van der Waals surface area (Å²) < 4.78 is 7.94. The highest BCUT2D eigenvalue weighted by atomic mass is 32.1. The Morgan fingerprint density at radius 1 is 1.18 bits per heavy atom. The molecule has 1 saturated heterocycles. The van der Waals surface area contributed by atoms with E-state index in [1.807, 2.05) is 23.1 Å². The van der Waals surface area contributed by atoms with Crippen LogP contribution in [-0.4, -0.2) is 57.9 Å². The third kappa shape index (κ3) is 2.82. The molecule has 2 aliphatic heterocycles. The van der Waals surface area contributed by atoms with E-state index in [4.69, 9.17) is 4.74 Å². The number of hydrogen-bond acceptors (Lipinski definition) is 6. The van der Waals surface area contributed by atoms with Crippen LogP contribution >= 0.6 is 11.3 Å². The number of thiophene rings is 1. The first-order chi connectivity index (χ1) is 18.3. The van der Waals surface area contributed by atoms with Crippen LogP contribution < -0.4 is 9.64 Å². The Hall–Kier alpha value is -2.61. The molecule has 0 unspecified atom stereocenters. The zero-order chi connectivity index (χ0) is 26.0. The van der Waals surface area contributed by atoms with Crippen molar-refractivity contribution in [3.05, 3.63) is 52.4 Å². The summed E-state index contributed by atoms with van der Waals surface area (Å²) in [5.74, 6) is 1.41. The normalized spacial score (nSPS) is 33.2. The van der Waals surface area contributed by atoms with Crippen molar-refractivity contribution in [2.24, 2.45) is 5.92 Å². The molecule has 0 radical (unpaired) electrons. The third-order valence-corrected chi connectivity index (χ3v) is 11.5. The van der Waals surface area contributed by atoms with Gasteiger partial charge in [-0.05, 0) is 75.6 Å². The maximum Gasteiger partial charge on any atom is 0.224 e. The maximum absolute atomic E-state index is 13.5. The first-order valence-electron chi connectivity index (χ1n) is 14.1. The van der Waals surface area contributed by atoms with Gasteiger partial charge in [0.1, 0.15) is 6.10 Å². The summed E-state index contributed by atoms with van der Waals surface area (Å²) in [6, 6.07) is 11.9. The Labute approximate surface area is 226 Å². The average molecular weight is 531 g/mol. The van der Waals surface area contributed by atoms with Gasteiger partial charge in [-0.2, -0.15) is 0 Å². The van der Waals surface area contributed by atoms with Gasteiger partial charge in [-0.25, -0.2) is 0 Å². The van der Waals surface area contributed by atoms with Crippen LogP contribution in [0.25, 0.3) is 10.1 Å². The van der Waals surface area contributed by atoms with E-state index in [1.165, 1.54) is 23.1 Å². The number of amides is 1. The number of fused-ring (bicyclic) bond motifs is 1. The van der Waals surface area contributed by atoms with Crippen molar-refractivity contribution in [2.45, 2.75) is 81.6 Å². The molecule has 2 bridgehead atoms. The summed E-state index contributed by atoms with van der Waals surface area (Å²) in [7, 11) is 0. The van der Waals surface area contributed by atoms with E-state index in [2.05, 4.69) is 24.0 Å². The number of ether oxygens (including phenoxy) is 1. The van der Waals surface area contributed by atoms with Crippen LogP contribution in [-0.2, 0) is 16.6 Å². The fraction of sp³-hybridized carbons (Fsp3) is 0.516. The molecule has 1 amide bonds. The number of aromatic hydroxyl groups is 1. The van der Waals surface area contributed by atoms with Crippen molar-refractivity contribution in [3.8, 4) is 11.5 Å². The molecule has 5 atom stereocenters. The summed E-state index contributed by atoms with van der Waals surface area (Å²) in [6.45, 7) is 5.70. The van der Waals surface area contributed by atoms with Crippen molar-refractivity contribution in [1.82, 2.24) is 4.90 Å². The molecular weight excluding hydrogens is 496 g/mol. The average Bonchev–Trinajstić information content (AvgIpc) is 3.54. The first kappa shape index (κ1) is 23.3. The van der Waals surface area contributed by atoms with Gasteiger partial charge in [0.05, 0.1) is 22.7 Å². The van der Waals surface area contributed by atoms with Gasteiger partial charge in [-0.1, -0.05) is 24.3 Å². The minimum absolute atomic E-state index is 0.00831. The van der Waals surface area contributed by atoms with Crippen LogP contribution in [0.15, 0.2) is 36.4 Å². The Bertz CT molecular complexity index is 1500. The van der Waals surface area contributed by atoms with E-state index < -0.39 is 17.1 Å². The number of phenols is 1. The van der Waals surface area contributed by atoms with Crippen molar-refractivity contribution >= 4 is 33.0 Å². The summed E-state index contributed by atoms with van der Waals surface area (Å²) in [5, 5.41) is 24.9. The molecule has 7 heteroatoms. The van der Waals surface area contributed by atoms with E-state index in [0.717, 1.165) is 53.4 Å². The van der Waals surface area contributed by atoms with E-state index in [0.29, 0.717) is 18.6 Å². The zero-order valence-corrected chi connectivity index (χ0v) is 22.8. The molecule has 3 fully saturated rings. The summed E-state index contributed by atoms with van der Waals surface area (Å²) in [5.41, 5.74) is 1.56. The van der Waals surface area contributed by atoms with Gasteiger partial charge < -0.3 is 19.8 Å². The molecule has 6 nitrogen and oxygen atoms in total. The number of anilines is 1. The number of carbonyl (C=O) groups is 1. The molecule has 38 heavy (non-hydrogen) atoms. The van der Waals surface area contributed by atoms with Gasteiger partial charge in [0.15, 0.2) is 11.5 Å². The van der Waals surface area contributed by atoms with Crippen molar-refractivity contribution in [1.29, 1.82) is 0 Å². The largest absolute Gasteiger partial charge is 0.504 e. The highest BCUT2D eigenvalue weighted by molar-refractivity contribution is 7.19. The molecule has 5 aliphatic rings. The van der Waals surface area contributed by atoms with Crippen LogP contribution in [0.4, 0.5) is 5.69 Å². The van der Waals surface area contributed by atoms with E-state index in [9.17, 15) is 15.0 Å². The maximum atomic E-state index is 13.5. The second kappa shape index (κ2) is 7.74. The van der Waals surface area contributed by atoms with Crippen molar-refractivity contribution in [3.63, 3.8) is 0 Å². The van der Waals surface area contributed by atoms with Crippen molar-refractivity contribution in [2.75, 3.05) is 18.0 Å². The second-order valence-electron chi connectivity index (χ2n) is 12.3. The van der Waals surface area contributed by atoms with Gasteiger partial charge in [0.25, 0.3) is 0 Å². The predicted octanol–water partition coefficient (Wildman–Crippen LogP) is 4.90. The minimum Gasteiger partial charge on any atom is -0.504 e. The molecule has 2 aromatic carbocycles. The topological polar surface area (TPSA) is 73.2 Å². The number of nitrogens with zero attached hydrogens (tertiary/aromatic N) is 2. The first-order valence-corrected chi connectivity index (χ1v) is 14.9. The minimum atomic E-state index is -0.957. The van der Waals surface area contributed by atoms with Crippen LogP contribution in [0.1, 0.15) is 55.0 Å². The lowest BCUT2D eigenvalue weighted by Gasteiger charge is -2.64. The van der Waals surface area contributed by atoms with Gasteiger partial charge in [0, 0.05) is 40.0 Å². The van der Waals surface area contributed by atoms with Crippen LogP contribution in [0.5, 0.6) is 11.5 Å². The fourth-order valence-electron chi connectivity index (χ4n) is 8.73. The molecule has 8 rings (SSSR count). The predicted molar refractivity (Wildman–Crippen MR) is 148 cm³/mol. The second-order valence-corrected chi connectivity index (χ2v) is 13.5. The highest BCUT2D eigenvalue weighted by Crippen LogP contribution is 2.66. The standard InChI is InChI=1S/C31H34N2O4S/c1-17-27(21-5-3-4-6-24(21)38-17)33(18(2)34)22-11-12-31(36)25-15-20-9-10-23(35)28-26(20)30(31,29(22)37-28)13-14-32(25)16-19-7-8-19/h3-6,9-10,19,22,25,29,35-36H,7-8,11-16H2,1-2H3/t22-,25-,29+,30+,31-/m1/s1. The Morgan fingerprint density at radius 2 is 2.00 bits per heavy atom. The molecule has 2 N–H and O–H groups in total. The molecule has 3 aromatic rings. The Kier molecular flexibility index (Phi) is 4.74. The molecule has 3 aliphatic carbocycles. The van der Waals surface area contributed by atoms with Crippen LogP contribution in [0.3, 0.4) is 0 Å². The fourth-order valence-corrected chi connectivity index (χ4v) is 9.79. The smallest absolute Gasteiger partial charge is 0.224 e. The lowest BCUT2D eigenvalue weighted by Crippen LogP contribution is -2.78. The highest BCUT2D eigenvalue weighted by Gasteiger charge is 2.73. The summed E-state index contributed by atoms with van der Waals surface area (Å²) in [6.07, 6.45) is 4.97. The summed E-state index contributed by atoms with van der Waals surface area (Å²) in [4.78, 5) is 19.1. The van der Waals surface area contributed by atoms with E-state index in [1.54, 1.807) is 24.3 Å². The number of rotatable bonds is 4. The molecular formula is C31H34N2O4S. The number of aryl methyl sites for hydroxylation is 1. The number of carbonyl (C=O) groups excluding carboxylic acids is 1. The zero-order valence-electron chi connectivity index (χ0n) is 21.9. The number of aliphatic hydroxyl groups is 1. The molecule has 1 aromatic heterocycles.